The number of ether oxygens (including phenoxy) is 1. The zero-order valence-corrected chi connectivity index (χ0v) is 17.1. The first-order chi connectivity index (χ1) is 14.9. The van der Waals surface area contributed by atoms with Crippen molar-refractivity contribution in [2.24, 2.45) is 0 Å². The van der Waals surface area contributed by atoms with Crippen LogP contribution in [0.15, 0.2) is 77.8 Å². The number of anilines is 1. The van der Waals surface area contributed by atoms with Gasteiger partial charge in [0.25, 0.3) is 10.0 Å². The average molecular weight is 432 g/mol. The van der Waals surface area contributed by atoms with Crippen molar-refractivity contribution < 1.29 is 13.2 Å². The smallest absolute Gasteiger partial charge is 0.263 e. The Morgan fingerprint density at radius 3 is 2.42 bits per heavy atom. The van der Waals surface area contributed by atoms with Gasteiger partial charge in [-0.25, -0.2) is 13.1 Å². The number of nitrogens with zero attached hydrogens (tertiary/aromatic N) is 5. The van der Waals surface area contributed by atoms with Crippen molar-refractivity contribution in [2.45, 2.75) is 11.8 Å². The fraction of sp³-hybridized carbons (Fsp3) is 0.0476. The van der Waals surface area contributed by atoms with Gasteiger partial charge in [0.2, 0.25) is 5.88 Å². The summed E-state index contributed by atoms with van der Waals surface area (Å²) >= 11 is 0. The first kappa shape index (κ1) is 20.1. The summed E-state index contributed by atoms with van der Waals surface area (Å²) in [4.78, 5) is -0.0828. The van der Waals surface area contributed by atoms with Gasteiger partial charge in [-0.15, -0.1) is 10.2 Å². The minimum atomic E-state index is -3.90. The van der Waals surface area contributed by atoms with E-state index in [9.17, 15) is 8.42 Å². The number of rotatable bonds is 6. The van der Waals surface area contributed by atoms with Crippen LogP contribution < -0.4 is 9.46 Å². The highest BCUT2D eigenvalue weighted by Gasteiger charge is 2.18. The molecule has 0 atom stereocenters. The molecule has 4 aromatic rings. The highest BCUT2D eigenvalue weighted by atomic mass is 32.2. The second-order valence-corrected chi connectivity index (χ2v) is 8.12. The molecule has 2 heterocycles. The van der Waals surface area contributed by atoms with Crippen LogP contribution in [0.2, 0.25) is 0 Å². The number of hydrogen-bond donors (Lipinski definition) is 1. The molecule has 0 radical (unpaired) electrons. The Morgan fingerprint density at radius 2 is 1.77 bits per heavy atom. The molecule has 0 aliphatic carbocycles. The lowest BCUT2D eigenvalue weighted by atomic mass is 10.2. The van der Waals surface area contributed by atoms with E-state index in [2.05, 4.69) is 20.0 Å². The summed E-state index contributed by atoms with van der Waals surface area (Å²) < 4.78 is 34.9. The summed E-state index contributed by atoms with van der Waals surface area (Å²) in [6.07, 6.45) is 1.79. The lowest BCUT2D eigenvalue weighted by Gasteiger charge is -2.10. The summed E-state index contributed by atoms with van der Waals surface area (Å²) in [5.74, 6) is 1.30. The first-order valence-corrected chi connectivity index (χ1v) is 10.6. The van der Waals surface area contributed by atoms with Gasteiger partial charge in [0.15, 0.2) is 5.82 Å². The van der Waals surface area contributed by atoms with E-state index in [4.69, 9.17) is 10.00 Å². The van der Waals surface area contributed by atoms with Crippen LogP contribution in [0, 0.1) is 18.3 Å². The van der Waals surface area contributed by atoms with Crippen LogP contribution >= 0.6 is 0 Å². The van der Waals surface area contributed by atoms with E-state index >= 15 is 0 Å². The van der Waals surface area contributed by atoms with Crippen molar-refractivity contribution in [2.75, 3.05) is 4.72 Å². The first-order valence-electron chi connectivity index (χ1n) is 9.11. The largest absolute Gasteiger partial charge is 0.438 e. The summed E-state index contributed by atoms with van der Waals surface area (Å²) in [7, 11) is -3.90. The van der Waals surface area contributed by atoms with Gasteiger partial charge in [0.05, 0.1) is 11.3 Å². The number of aromatic nitrogens is 4. The van der Waals surface area contributed by atoms with Crippen LogP contribution in [0.3, 0.4) is 0 Å². The Hall–Kier alpha value is -4.23. The molecule has 2 aromatic carbocycles. The van der Waals surface area contributed by atoms with E-state index in [1.165, 1.54) is 12.1 Å². The van der Waals surface area contributed by atoms with Crippen LogP contribution in [-0.4, -0.2) is 28.4 Å². The molecule has 0 unspecified atom stereocenters. The third kappa shape index (κ3) is 4.52. The zero-order valence-electron chi connectivity index (χ0n) is 16.3. The molecule has 154 valence electrons. The topological polar surface area (TPSA) is 123 Å². The van der Waals surface area contributed by atoms with Crippen LogP contribution in [-0.2, 0) is 10.0 Å². The van der Waals surface area contributed by atoms with E-state index in [1.807, 2.05) is 19.1 Å². The van der Waals surface area contributed by atoms with Crippen molar-refractivity contribution in [3.63, 3.8) is 0 Å². The lowest BCUT2D eigenvalue weighted by Crippen LogP contribution is -2.14. The lowest BCUT2D eigenvalue weighted by molar-refractivity contribution is 0.454. The van der Waals surface area contributed by atoms with Crippen LogP contribution in [0.1, 0.15) is 11.3 Å². The number of hydrogen-bond acceptors (Lipinski definition) is 7. The molecular formula is C21H16N6O3S. The minimum absolute atomic E-state index is 0.0715. The fourth-order valence-corrected chi connectivity index (χ4v) is 3.96. The molecule has 0 aliphatic heterocycles. The Bertz CT molecular complexity index is 1360. The molecule has 0 spiro atoms. The minimum Gasteiger partial charge on any atom is -0.438 e. The van der Waals surface area contributed by atoms with Crippen LogP contribution in [0.4, 0.5) is 5.69 Å². The van der Waals surface area contributed by atoms with E-state index in [0.717, 1.165) is 5.69 Å². The summed E-state index contributed by atoms with van der Waals surface area (Å²) in [5.41, 5.74) is 1.27. The molecule has 0 amide bonds. The highest BCUT2D eigenvalue weighted by Crippen LogP contribution is 2.24. The SMILES string of the molecule is Cc1ccn(-c2ccc(Oc3ccc(NS(=O)(=O)c4ccccc4C#N)cc3)nn2)n1. The van der Waals surface area contributed by atoms with Crippen molar-refractivity contribution in [1.82, 2.24) is 20.0 Å². The second-order valence-electron chi connectivity index (χ2n) is 6.47. The van der Waals surface area contributed by atoms with Gasteiger partial charge in [-0.3, -0.25) is 4.72 Å². The molecule has 0 saturated carbocycles. The molecule has 10 heteroatoms. The zero-order chi connectivity index (χ0) is 21.8. The van der Waals surface area contributed by atoms with Crippen molar-refractivity contribution >= 4 is 15.7 Å². The quantitative estimate of drug-likeness (QED) is 0.495. The van der Waals surface area contributed by atoms with Crippen LogP contribution in [0.25, 0.3) is 5.82 Å². The van der Waals surface area contributed by atoms with Gasteiger partial charge >= 0.3 is 0 Å². The third-order valence-corrected chi connectivity index (χ3v) is 5.65. The van der Waals surface area contributed by atoms with Gasteiger partial charge in [-0.05, 0) is 55.5 Å². The Balaban J connectivity index is 1.45. The Kier molecular flexibility index (Phi) is 5.34. The molecule has 0 saturated heterocycles. The third-order valence-electron chi connectivity index (χ3n) is 4.21. The number of nitrogens with one attached hydrogen (secondary N) is 1. The predicted octanol–water partition coefficient (Wildman–Crippen LogP) is 3.44. The second kappa shape index (κ2) is 8.25. The molecule has 4 rings (SSSR count). The molecule has 0 aliphatic rings. The maximum Gasteiger partial charge on any atom is 0.263 e. The summed E-state index contributed by atoms with van der Waals surface area (Å²) in [5, 5.41) is 21.5. The fourth-order valence-electron chi connectivity index (χ4n) is 2.75. The number of nitriles is 1. The summed E-state index contributed by atoms with van der Waals surface area (Å²) in [6, 6.07) is 19.4. The molecule has 9 nitrogen and oxygen atoms in total. The standard InChI is InChI=1S/C21H16N6O3S/c1-15-12-13-27(25-15)20-10-11-21(24-23-20)30-18-8-6-17(7-9-18)26-31(28,29)19-5-3-2-4-16(19)14-22/h2-13,26H,1H3. The van der Waals surface area contributed by atoms with E-state index < -0.39 is 10.0 Å². The van der Waals surface area contributed by atoms with Gasteiger partial charge in [0.1, 0.15) is 16.7 Å². The number of aryl methyl sites for hydroxylation is 1. The van der Waals surface area contributed by atoms with E-state index in [1.54, 1.807) is 59.4 Å². The number of sulfonamides is 1. The van der Waals surface area contributed by atoms with Crippen molar-refractivity contribution in [3.8, 4) is 23.5 Å². The molecule has 31 heavy (non-hydrogen) atoms. The predicted molar refractivity (Wildman–Crippen MR) is 112 cm³/mol. The Morgan fingerprint density at radius 1 is 1.00 bits per heavy atom. The monoisotopic (exact) mass is 432 g/mol. The average Bonchev–Trinajstić information content (AvgIpc) is 3.22. The van der Waals surface area contributed by atoms with Crippen molar-refractivity contribution in [1.29, 1.82) is 5.26 Å². The molecule has 2 aromatic heterocycles. The highest BCUT2D eigenvalue weighted by molar-refractivity contribution is 7.92. The maximum absolute atomic E-state index is 12.6. The normalized spacial score (nSPS) is 11.0. The van der Waals surface area contributed by atoms with Crippen LogP contribution in [0.5, 0.6) is 11.6 Å². The molecule has 0 fully saturated rings. The Labute approximate surface area is 178 Å². The summed E-state index contributed by atoms with van der Waals surface area (Å²) in [6.45, 7) is 1.88. The maximum atomic E-state index is 12.6. The van der Waals surface area contributed by atoms with Gasteiger partial charge in [-0.2, -0.15) is 10.4 Å². The van der Waals surface area contributed by atoms with Gasteiger partial charge in [0, 0.05) is 18.0 Å². The van der Waals surface area contributed by atoms with Gasteiger partial charge < -0.3 is 4.74 Å². The molecular weight excluding hydrogens is 416 g/mol. The van der Waals surface area contributed by atoms with Gasteiger partial charge in [-0.1, -0.05) is 12.1 Å². The van der Waals surface area contributed by atoms with E-state index in [0.29, 0.717) is 17.3 Å². The molecule has 0 bridgehead atoms. The number of benzene rings is 2. The molecule has 1 N–H and O–H groups in total. The van der Waals surface area contributed by atoms with Crippen molar-refractivity contribution in [3.05, 3.63) is 84.2 Å². The van der Waals surface area contributed by atoms with E-state index in [-0.39, 0.29) is 16.3 Å².